The van der Waals surface area contributed by atoms with Gasteiger partial charge in [-0.05, 0) is 44.1 Å². The average molecular weight is 415 g/mol. The lowest BCUT2D eigenvalue weighted by atomic mass is 9.86. The molecule has 0 radical (unpaired) electrons. The molecule has 3 aliphatic carbocycles. The molecule has 4 N–H and O–H groups in total. The first kappa shape index (κ1) is 18.3. The molecular formula is C22H23F2N3O3. The summed E-state index contributed by atoms with van der Waals surface area (Å²) >= 11 is 0. The molecule has 2 heterocycles. The van der Waals surface area contributed by atoms with E-state index in [1.165, 1.54) is 0 Å². The van der Waals surface area contributed by atoms with Crippen LogP contribution in [0.25, 0.3) is 10.9 Å². The topological polar surface area (TPSA) is 99.4 Å². The first-order chi connectivity index (χ1) is 14.2. The van der Waals surface area contributed by atoms with Gasteiger partial charge in [-0.15, -0.1) is 0 Å². The molecule has 30 heavy (non-hydrogen) atoms. The van der Waals surface area contributed by atoms with Crippen LogP contribution in [0.2, 0.25) is 0 Å². The molecular weight excluding hydrogens is 392 g/mol. The van der Waals surface area contributed by atoms with Crippen LogP contribution in [0, 0.1) is 24.1 Å². The Balaban J connectivity index is 1.59. The lowest BCUT2D eigenvalue weighted by molar-refractivity contribution is 0.0695. The summed E-state index contributed by atoms with van der Waals surface area (Å²) in [7, 11) is 0. The van der Waals surface area contributed by atoms with Crippen LogP contribution < -0.4 is 16.1 Å². The van der Waals surface area contributed by atoms with Crippen molar-refractivity contribution in [3.05, 3.63) is 38.9 Å². The van der Waals surface area contributed by atoms with Crippen LogP contribution in [0.4, 0.5) is 14.5 Å². The van der Waals surface area contributed by atoms with Gasteiger partial charge in [-0.2, -0.15) is 0 Å². The van der Waals surface area contributed by atoms with E-state index in [2.05, 4.69) is 4.98 Å². The second-order valence-electron chi connectivity index (χ2n) is 9.75. The Labute approximate surface area is 171 Å². The highest BCUT2D eigenvalue weighted by Crippen LogP contribution is 2.70. The Kier molecular flexibility index (Phi) is 3.30. The minimum Gasteiger partial charge on any atom is -0.477 e. The molecule has 1 aromatic heterocycles. The zero-order valence-corrected chi connectivity index (χ0v) is 16.6. The molecule has 5 atom stereocenters. The number of carboxylic acid groups (broad SMARTS) is 1. The summed E-state index contributed by atoms with van der Waals surface area (Å²) in [5.74, 6) is -2.13. The predicted octanol–water partition coefficient (Wildman–Crippen LogP) is 2.82. The largest absolute Gasteiger partial charge is 0.477 e. The number of aromatic carboxylic acids is 1. The van der Waals surface area contributed by atoms with Crippen molar-refractivity contribution in [3.8, 4) is 0 Å². The number of carboxylic acids is 1. The van der Waals surface area contributed by atoms with Gasteiger partial charge in [0.1, 0.15) is 11.7 Å². The molecule has 8 heteroatoms. The summed E-state index contributed by atoms with van der Waals surface area (Å²) in [4.78, 5) is 29.2. The Hall–Kier alpha value is -2.48. The van der Waals surface area contributed by atoms with Gasteiger partial charge in [0, 0.05) is 41.7 Å². The third-order valence-corrected chi connectivity index (χ3v) is 8.26. The van der Waals surface area contributed by atoms with Gasteiger partial charge in [0.25, 0.3) is 0 Å². The number of anilines is 1. The average Bonchev–Trinajstić information content (AvgIpc) is 3.52. The lowest BCUT2D eigenvalue weighted by Gasteiger charge is -2.28. The molecule has 2 aromatic rings. The third kappa shape index (κ3) is 2.05. The van der Waals surface area contributed by atoms with Gasteiger partial charge in [0.15, 0.2) is 5.82 Å². The Morgan fingerprint density at radius 1 is 1.40 bits per heavy atom. The molecule has 1 aliphatic heterocycles. The van der Waals surface area contributed by atoms with Crippen LogP contribution in [-0.2, 0) is 0 Å². The van der Waals surface area contributed by atoms with Crippen molar-refractivity contribution in [1.82, 2.24) is 4.98 Å². The number of nitrogens with two attached hydrogens (primary N) is 1. The van der Waals surface area contributed by atoms with Crippen molar-refractivity contribution in [2.45, 2.75) is 50.2 Å². The Bertz CT molecular complexity index is 1200. The van der Waals surface area contributed by atoms with Gasteiger partial charge in [0.05, 0.1) is 16.6 Å². The van der Waals surface area contributed by atoms with Crippen LogP contribution in [-0.4, -0.2) is 40.9 Å². The van der Waals surface area contributed by atoms with Crippen molar-refractivity contribution >= 4 is 22.6 Å². The van der Waals surface area contributed by atoms with E-state index in [0.29, 0.717) is 35.8 Å². The number of halogens is 2. The van der Waals surface area contributed by atoms with Crippen molar-refractivity contribution in [2.75, 3.05) is 18.0 Å². The van der Waals surface area contributed by atoms with E-state index >= 15 is 4.39 Å². The fourth-order valence-electron chi connectivity index (χ4n) is 6.48. The van der Waals surface area contributed by atoms with Crippen LogP contribution in [0.1, 0.15) is 53.1 Å². The summed E-state index contributed by atoms with van der Waals surface area (Å²) in [6.07, 6.45) is 3.16. The normalized spacial score (nSPS) is 36.1. The molecule has 0 amide bonds. The van der Waals surface area contributed by atoms with Crippen molar-refractivity contribution < 1.29 is 18.7 Å². The van der Waals surface area contributed by atoms with Crippen LogP contribution in [0.15, 0.2) is 11.0 Å². The van der Waals surface area contributed by atoms with Crippen LogP contribution in [0.5, 0.6) is 0 Å². The molecule has 158 valence electrons. The van der Waals surface area contributed by atoms with Gasteiger partial charge in [0.2, 0.25) is 5.43 Å². The number of aryl methyl sites for hydroxylation is 1. The molecule has 0 bridgehead atoms. The molecule has 3 saturated carbocycles. The molecule has 1 aromatic carbocycles. The third-order valence-electron chi connectivity index (χ3n) is 8.26. The summed E-state index contributed by atoms with van der Waals surface area (Å²) in [5.41, 5.74) is 6.49. The van der Waals surface area contributed by atoms with E-state index in [4.69, 9.17) is 5.73 Å². The summed E-state index contributed by atoms with van der Waals surface area (Å²) < 4.78 is 30.0. The number of benzene rings is 1. The van der Waals surface area contributed by atoms with Gasteiger partial charge in [-0.3, -0.25) is 4.79 Å². The minimum absolute atomic E-state index is 0.00966. The second kappa shape index (κ2) is 5.41. The number of carbonyl (C=O) groups is 1. The SMILES string of the molecule is Cc1c(N2CC3(N)CCC4CC43C2)c(F)c([C@H]2C[C@@H]2F)c2c(=O)c(C(=O)O)c[nH]c12. The highest BCUT2D eigenvalue weighted by atomic mass is 19.1. The molecule has 3 unspecified atom stereocenters. The molecule has 6 rings (SSSR count). The molecule has 1 saturated heterocycles. The van der Waals surface area contributed by atoms with E-state index in [-0.39, 0.29) is 28.3 Å². The van der Waals surface area contributed by atoms with Crippen LogP contribution in [0.3, 0.4) is 0 Å². The standard InChI is InChI=1S/C22H23F2N3O3/c1-9-17-15(19(28)12(6-26-17)20(29)30)14(11-4-13(11)23)16(24)18(9)27-7-21-5-10(21)2-3-22(21,25)8-27/h6,10-11,13H,2-5,7-8,25H2,1H3,(H,26,28)(H,29,30)/t10?,11-,13-,21?,22?/m0/s1. The van der Waals surface area contributed by atoms with E-state index in [9.17, 15) is 19.1 Å². The van der Waals surface area contributed by atoms with Gasteiger partial charge < -0.3 is 20.7 Å². The number of fused-ring (bicyclic) bond motifs is 1. The van der Waals surface area contributed by atoms with Crippen molar-refractivity contribution in [1.29, 1.82) is 0 Å². The first-order valence-electron chi connectivity index (χ1n) is 10.5. The van der Waals surface area contributed by atoms with E-state index < -0.39 is 34.9 Å². The molecule has 4 fully saturated rings. The number of aromatic amines is 1. The summed E-state index contributed by atoms with van der Waals surface area (Å²) in [6.45, 7) is 2.92. The summed E-state index contributed by atoms with van der Waals surface area (Å²) in [6, 6.07) is 0. The Morgan fingerprint density at radius 3 is 2.73 bits per heavy atom. The zero-order chi connectivity index (χ0) is 21.2. The van der Waals surface area contributed by atoms with Crippen molar-refractivity contribution in [2.24, 2.45) is 17.1 Å². The van der Waals surface area contributed by atoms with E-state index in [0.717, 1.165) is 25.5 Å². The van der Waals surface area contributed by atoms with Gasteiger partial charge in [-0.25, -0.2) is 13.6 Å². The van der Waals surface area contributed by atoms with E-state index in [1.54, 1.807) is 6.92 Å². The number of nitrogens with one attached hydrogen (secondary N) is 1. The monoisotopic (exact) mass is 415 g/mol. The zero-order valence-electron chi connectivity index (χ0n) is 16.6. The maximum Gasteiger partial charge on any atom is 0.341 e. The number of hydrogen-bond donors (Lipinski definition) is 3. The second-order valence-corrected chi connectivity index (χ2v) is 9.75. The smallest absolute Gasteiger partial charge is 0.341 e. The number of rotatable bonds is 3. The lowest BCUT2D eigenvalue weighted by Crippen LogP contribution is -2.47. The highest BCUT2D eigenvalue weighted by Gasteiger charge is 2.72. The minimum atomic E-state index is -1.39. The number of H-pyrrole nitrogens is 1. The Morgan fingerprint density at radius 2 is 2.13 bits per heavy atom. The van der Waals surface area contributed by atoms with Crippen molar-refractivity contribution in [3.63, 3.8) is 0 Å². The quantitative estimate of drug-likeness (QED) is 0.716. The number of alkyl halides is 1. The number of hydrogen-bond acceptors (Lipinski definition) is 4. The maximum absolute atomic E-state index is 16.0. The highest BCUT2D eigenvalue weighted by molar-refractivity contribution is 5.97. The van der Waals surface area contributed by atoms with Crippen LogP contribution >= 0.6 is 0 Å². The molecule has 1 spiro atoms. The predicted molar refractivity (Wildman–Crippen MR) is 107 cm³/mol. The molecule has 6 nitrogen and oxygen atoms in total. The number of nitrogens with zero attached hydrogens (tertiary/aromatic N) is 1. The fourth-order valence-corrected chi connectivity index (χ4v) is 6.48. The maximum atomic E-state index is 16.0. The number of aromatic nitrogens is 1. The molecule has 4 aliphatic rings. The first-order valence-corrected chi connectivity index (χ1v) is 10.5. The summed E-state index contributed by atoms with van der Waals surface area (Å²) in [5, 5.41) is 9.29. The van der Waals surface area contributed by atoms with E-state index in [1.807, 2.05) is 4.90 Å². The number of pyridine rings is 1. The van der Waals surface area contributed by atoms with Gasteiger partial charge in [-0.1, -0.05) is 0 Å². The fraction of sp³-hybridized carbons (Fsp3) is 0.545. The van der Waals surface area contributed by atoms with Gasteiger partial charge >= 0.3 is 5.97 Å².